The van der Waals surface area contributed by atoms with E-state index in [0.717, 1.165) is 5.69 Å². The second-order valence-electron chi connectivity index (χ2n) is 3.89. The van der Waals surface area contributed by atoms with Gasteiger partial charge in [0.25, 0.3) is 0 Å². The average Bonchev–Trinajstić information content (AvgIpc) is 2.53. The Bertz CT molecular complexity index is 670. The number of anilines is 1. The minimum absolute atomic E-state index is 0.139. The Morgan fingerprint density at radius 2 is 2.14 bits per heavy atom. The molecule has 0 aliphatic rings. The van der Waals surface area contributed by atoms with E-state index >= 15 is 0 Å². The van der Waals surface area contributed by atoms with E-state index in [1.165, 1.54) is 29.7 Å². The van der Waals surface area contributed by atoms with Gasteiger partial charge in [0, 0.05) is 5.69 Å². The number of hydrogen-bond acceptors (Lipinski definition) is 6. The standard InChI is InChI=1S/C14H12N4OS2/c1-20-14-16-8-10(7-15)13(18-14)21-9-12(19)17-11-5-3-2-4-6-11/h2-6,8H,9H2,1H3,(H,17,19). The molecule has 5 nitrogen and oxygen atoms in total. The summed E-state index contributed by atoms with van der Waals surface area (Å²) in [6.07, 6.45) is 3.34. The lowest BCUT2D eigenvalue weighted by Gasteiger charge is -2.06. The summed E-state index contributed by atoms with van der Waals surface area (Å²) in [7, 11) is 0. The number of rotatable bonds is 5. The van der Waals surface area contributed by atoms with E-state index in [9.17, 15) is 4.79 Å². The molecule has 0 bridgehead atoms. The fourth-order valence-corrected chi connectivity index (χ4v) is 2.63. The topological polar surface area (TPSA) is 78.7 Å². The third-order valence-electron chi connectivity index (χ3n) is 2.43. The number of nitriles is 1. The third kappa shape index (κ3) is 4.48. The second-order valence-corrected chi connectivity index (χ2v) is 5.63. The van der Waals surface area contributed by atoms with E-state index < -0.39 is 0 Å². The van der Waals surface area contributed by atoms with Crippen LogP contribution in [0.25, 0.3) is 0 Å². The molecule has 0 aliphatic carbocycles. The van der Waals surface area contributed by atoms with Crippen molar-refractivity contribution < 1.29 is 4.79 Å². The molecule has 7 heteroatoms. The van der Waals surface area contributed by atoms with Crippen molar-refractivity contribution in [2.24, 2.45) is 0 Å². The van der Waals surface area contributed by atoms with Crippen molar-refractivity contribution in [1.29, 1.82) is 5.26 Å². The molecule has 1 heterocycles. The number of nitrogens with zero attached hydrogens (tertiary/aromatic N) is 3. The molecule has 0 saturated carbocycles. The quantitative estimate of drug-likeness (QED) is 0.519. The number of nitrogens with one attached hydrogen (secondary N) is 1. The minimum Gasteiger partial charge on any atom is -0.325 e. The summed E-state index contributed by atoms with van der Waals surface area (Å²) in [5, 5.41) is 12.9. The van der Waals surface area contributed by atoms with Gasteiger partial charge in [-0.1, -0.05) is 41.7 Å². The van der Waals surface area contributed by atoms with Gasteiger partial charge in [-0.15, -0.1) is 0 Å². The molecule has 1 aromatic heterocycles. The summed E-state index contributed by atoms with van der Waals surface area (Å²) in [6, 6.07) is 11.3. The van der Waals surface area contributed by atoms with Crippen LogP contribution in [0.15, 0.2) is 46.7 Å². The molecule has 2 aromatic rings. The molecular formula is C14H12N4OS2. The molecule has 0 aliphatic heterocycles. The molecule has 0 fully saturated rings. The van der Waals surface area contributed by atoms with E-state index in [1.54, 1.807) is 0 Å². The van der Waals surface area contributed by atoms with Crippen molar-refractivity contribution in [2.75, 3.05) is 17.3 Å². The van der Waals surface area contributed by atoms with Crippen molar-refractivity contribution in [3.63, 3.8) is 0 Å². The van der Waals surface area contributed by atoms with Crippen LogP contribution in [0.3, 0.4) is 0 Å². The third-order valence-corrected chi connectivity index (χ3v) is 3.99. The van der Waals surface area contributed by atoms with Gasteiger partial charge in [-0.3, -0.25) is 4.79 Å². The minimum atomic E-state index is -0.139. The molecule has 2 rings (SSSR count). The van der Waals surface area contributed by atoms with Crippen molar-refractivity contribution in [1.82, 2.24) is 9.97 Å². The van der Waals surface area contributed by atoms with Crippen LogP contribution < -0.4 is 5.32 Å². The summed E-state index contributed by atoms with van der Waals surface area (Å²) < 4.78 is 0. The molecule has 0 spiro atoms. The molecular weight excluding hydrogens is 304 g/mol. The van der Waals surface area contributed by atoms with Gasteiger partial charge in [-0.05, 0) is 18.4 Å². The van der Waals surface area contributed by atoms with Crippen LogP contribution >= 0.6 is 23.5 Å². The summed E-state index contributed by atoms with van der Waals surface area (Å²) in [4.78, 5) is 20.2. The van der Waals surface area contributed by atoms with Gasteiger partial charge in [0.05, 0.1) is 11.9 Å². The number of carbonyl (C=O) groups excluding carboxylic acids is 1. The van der Waals surface area contributed by atoms with Crippen LogP contribution in [-0.4, -0.2) is 27.9 Å². The first-order chi connectivity index (χ1) is 10.2. The van der Waals surface area contributed by atoms with Gasteiger partial charge in [-0.2, -0.15) is 5.26 Å². The lowest BCUT2D eigenvalue weighted by Crippen LogP contribution is -2.14. The number of amides is 1. The van der Waals surface area contributed by atoms with E-state index in [4.69, 9.17) is 5.26 Å². The average molecular weight is 316 g/mol. The number of benzene rings is 1. The van der Waals surface area contributed by atoms with Gasteiger partial charge in [0.2, 0.25) is 5.91 Å². The Balaban J connectivity index is 1.99. The van der Waals surface area contributed by atoms with E-state index in [0.29, 0.717) is 15.7 Å². The van der Waals surface area contributed by atoms with Crippen LogP contribution in [0.5, 0.6) is 0 Å². The summed E-state index contributed by atoms with van der Waals surface area (Å²) in [5.41, 5.74) is 1.13. The van der Waals surface area contributed by atoms with Crippen LogP contribution in [0.4, 0.5) is 5.69 Å². The molecule has 1 N–H and O–H groups in total. The number of aromatic nitrogens is 2. The lowest BCUT2D eigenvalue weighted by molar-refractivity contribution is -0.113. The number of thioether (sulfide) groups is 2. The van der Waals surface area contributed by atoms with Crippen molar-refractivity contribution in [2.45, 2.75) is 10.2 Å². The first-order valence-electron chi connectivity index (χ1n) is 6.01. The van der Waals surface area contributed by atoms with Gasteiger partial charge >= 0.3 is 0 Å². The van der Waals surface area contributed by atoms with Crippen LogP contribution in [-0.2, 0) is 4.79 Å². The van der Waals surface area contributed by atoms with E-state index in [1.807, 2.05) is 42.7 Å². The smallest absolute Gasteiger partial charge is 0.234 e. The summed E-state index contributed by atoms with van der Waals surface area (Å²) >= 11 is 2.62. The zero-order chi connectivity index (χ0) is 15.1. The van der Waals surface area contributed by atoms with Crippen molar-refractivity contribution >= 4 is 35.1 Å². The Morgan fingerprint density at radius 3 is 2.81 bits per heavy atom. The molecule has 0 unspecified atom stereocenters. The van der Waals surface area contributed by atoms with Crippen LogP contribution in [0, 0.1) is 11.3 Å². The SMILES string of the molecule is CSc1ncc(C#N)c(SCC(=O)Nc2ccccc2)n1. The maximum absolute atomic E-state index is 11.9. The van der Waals surface area contributed by atoms with Crippen LogP contribution in [0.2, 0.25) is 0 Å². The highest BCUT2D eigenvalue weighted by molar-refractivity contribution is 8.00. The zero-order valence-electron chi connectivity index (χ0n) is 11.2. The molecule has 1 aromatic carbocycles. The molecule has 106 valence electrons. The Hall–Kier alpha value is -2.04. The summed E-state index contributed by atoms with van der Waals surface area (Å²) in [5.74, 6) is 0.0495. The summed E-state index contributed by atoms with van der Waals surface area (Å²) in [6.45, 7) is 0. The Kier molecular flexibility index (Phi) is 5.60. The Labute approximate surface area is 131 Å². The highest BCUT2D eigenvalue weighted by Crippen LogP contribution is 2.22. The molecule has 0 atom stereocenters. The monoisotopic (exact) mass is 316 g/mol. The largest absolute Gasteiger partial charge is 0.325 e. The zero-order valence-corrected chi connectivity index (χ0v) is 12.9. The van der Waals surface area contributed by atoms with Crippen molar-refractivity contribution in [3.05, 3.63) is 42.1 Å². The van der Waals surface area contributed by atoms with E-state index in [2.05, 4.69) is 15.3 Å². The number of para-hydroxylation sites is 1. The maximum atomic E-state index is 11.9. The molecule has 1 amide bonds. The van der Waals surface area contributed by atoms with E-state index in [-0.39, 0.29) is 11.7 Å². The number of carbonyl (C=O) groups is 1. The van der Waals surface area contributed by atoms with Gasteiger partial charge < -0.3 is 5.32 Å². The van der Waals surface area contributed by atoms with Gasteiger partial charge in [0.15, 0.2) is 5.16 Å². The second kappa shape index (κ2) is 7.67. The Morgan fingerprint density at radius 1 is 1.38 bits per heavy atom. The molecule has 0 radical (unpaired) electrons. The molecule has 0 saturated heterocycles. The van der Waals surface area contributed by atoms with Crippen LogP contribution in [0.1, 0.15) is 5.56 Å². The highest BCUT2D eigenvalue weighted by atomic mass is 32.2. The van der Waals surface area contributed by atoms with Gasteiger partial charge in [0.1, 0.15) is 16.7 Å². The first kappa shape index (κ1) is 15.4. The highest BCUT2D eigenvalue weighted by Gasteiger charge is 2.10. The molecule has 21 heavy (non-hydrogen) atoms. The fraction of sp³-hybridized carbons (Fsp3) is 0.143. The predicted molar refractivity (Wildman–Crippen MR) is 84.3 cm³/mol. The first-order valence-corrected chi connectivity index (χ1v) is 8.23. The predicted octanol–water partition coefficient (Wildman–Crippen LogP) is 2.80. The van der Waals surface area contributed by atoms with Gasteiger partial charge in [-0.25, -0.2) is 9.97 Å². The maximum Gasteiger partial charge on any atom is 0.234 e. The lowest BCUT2D eigenvalue weighted by atomic mass is 10.3. The normalized spacial score (nSPS) is 9.90. The van der Waals surface area contributed by atoms with Crippen molar-refractivity contribution in [3.8, 4) is 6.07 Å². The fourth-order valence-electron chi connectivity index (χ4n) is 1.49. The number of hydrogen-bond donors (Lipinski definition) is 1.